The molecular weight excluding hydrogens is 446 g/mol. The molecule has 182 valence electrons. The van der Waals surface area contributed by atoms with Gasteiger partial charge in [0.05, 0.1) is 19.4 Å². The van der Waals surface area contributed by atoms with E-state index in [1.54, 1.807) is 36.4 Å². The maximum Gasteiger partial charge on any atom is 0.271 e. The maximum atomic E-state index is 12.6. The first kappa shape index (κ1) is 25.3. The second kappa shape index (κ2) is 12.8. The van der Waals surface area contributed by atoms with Gasteiger partial charge in [0.2, 0.25) is 0 Å². The Hall–Kier alpha value is -4.33. The lowest BCUT2D eigenvalue weighted by Crippen LogP contribution is -2.20. The summed E-state index contributed by atoms with van der Waals surface area (Å²) in [5, 5.41) is 6.84. The number of para-hydroxylation sites is 1. The van der Waals surface area contributed by atoms with E-state index in [9.17, 15) is 9.59 Å². The third kappa shape index (κ3) is 7.60. The summed E-state index contributed by atoms with van der Waals surface area (Å²) in [5.41, 5.74) is 5.24. The van der Waals surface area contributed by atoms with Crippen molar-refractivity contribution in [2.75, 3.05) is 25.1 Å². The lowest BCUT2D eigenvalue weighted by Gasteiger charge is -2.12. The van der Waals surface area contributed by atoms with Gasteiger partial charge in [0.25, 0.3) is 11.8 Å². The second-order valence-corrected chi connectivity index (χ2v) is 7.47. The van der Waals surface area contributed by atoms with Gasteiger partial charge in [-0.3, -0.25) is 9.59 Å². The molecule has 8 heteroatoms. The Labute approximate surface area is 204 Å². The number of nitrogens with one attached hydrogen (secondary N) is 2. The molecule has 0 aliphatic heterocycles. The van der Waals surface area contributed by atoms with Crippen LogP contribution in [0.25, 0.3) is 0 Å². The highest BCUT2D eigenvalue weighted by atomic mass is 16.5. The van der Waals surface area contributed by atoms with Crippen molar-refractivity contribution in [3.8, 4) is 17.2 Å². The molecule has 3 aromatic carbocycles. The Balaban J connectivity index is 1.60. The normalized spacial score (nSPS) is 10.6. The van der Waals surface area contributed by atoms with Crippen LogP contribution in [-0.2, 0) is 4.79 Å². The van der Waals surface area contributed by atoms with E-state index in [1.165, 1.54) is 6.21 Å². The van der Waals surface area contributed by atoms with E-state index < -0.39 is 5.91 Å². The van der Waals surface area contributed by atoms with E-state index in [2.05, 4.69) is 15.8 Å². The van der Waals surface area contributed by atoms with Gasteiger partial charge in [-0.25, -0.2) is 5.43 Å². The molecule has 3 rings (SSSR count). The minimum atomic E-state index is -0.402. The van der Waals surface area contributed by atoms with Crippen LogP contribution < -0.4 is 25.0 Å². The van der Waals surface area contributed by atoms with Crippen LogP contribution in [0.15, 0.2) is 71.8 Å². The molecule has 3 aromatic rings. The van der Waals surface area contributed by atoms with E-state index in [1.807, 2.05) is 51.1 Å². The Kier molecular flexibility index (Phi) is 9.24. The molecular formula is C27H29N3O5. The summed E-state index contributed by atoms with van der Waals surface area (Å²) in [5.74, 6) is 0.850. The topological polar surface area (TPSA) is 98.3 Å². The fourth-order valence-corrected chi connectivity index (χ4v) is 3.20. The van der Waals surface area contributed by atoms with Crippen molar-refractivity contribution >= 4 is 23.7 Å². The highest BCUT2D eigenvalue weighted by Crippen LogP contribution is 2.28. The van der Waals surface area contributed by atoms with Crippen LogP contribution in [0.5, 0.6) is 17.2 Å². The van der Waals surface area contributed by atoms with Crippen molar-refractivity contribution in [1.82, 2.24) is 5.43 Å². The first-order valence-corrected chi connectivity index (χ1v) is 11.3. The average molecular weight is 476 g/mol. The van der Waals surface area contributed by atoms with Crippen LogP contribution >= 0.6 is 0 Å². The summed E-state index contributed by atoms with van der Waals surface area (Å²) in [6.07, 6.45) is 1.46. The molecule has 0 atom stereocenters. The molecule has 0 spiro atoms. The Morgan fingerprint density at radius 2 is 1.63 bits per heavy atom. The molecule has 0 fully saturated rings. The lowest BCUT2D eigenvalue weighted by molar-refractivity contribution is -0.118. The van der Waals surface area contributed by atoms with Gasteiger partial charge in [-0.1, -0.05) is 24.3 Å². The van der Waals surface area contributed by atoms with Gasteiger partial charge in [-0.15, -0.1) is 0 Å². The number of carbonyl (C=O) groups is 2. The Morgan fingerprint density at radius 1 is 0.857 bits per heavy atom. The van der Waals surface area contributed by atoms with Crippen molar-refractivity contribution in [3.63, 3.8) is 0 Å². The van der Waals surface area contributed by atoms with Crippen LogP contribution in [0.4, 0.5) is 5.69 Å². The molecule has 0 aliphatic carbocycles. The smallest absolute Gasteiger partial charge is 0.271 e. The quantitative estimate of drug-likeness (QED) is 0.313. The molecule has 0 heterocycles. The molecule has 35 heavy (non-hydrogen) atoms. The summed E-state index contributed by atoms with van der Waals surface area (Å²) in [6, 6.07) is 19.6. The highest BCUT2D eigenvalue weighted by molar-refractivity contribution is 5.96. The zero-order valence-electron chi connectivity index (χ0n) is 20.0. The minimum absolute atomic E-state index is 0.169. The zero-order valence-corrected chi connectivity index (χ0v) is 20.0. The summed E-state index contributed by atoms with van der Waals surface area (Å²) in [7, 11) is 0. The van der Waals surface area contributed by atoms with E-state index in [4.69, 9.17) is 14.2 Å². The van der Waals surface area contributed by atoms with Gasteiger partial charge >= 0.3 is 0 Å². The number of nitrogens with zero attached hydrogens (tertiary/aromatic N) is 1. The van der Waals surface area contributed by atoms with Crippen LogP contribution in [0, 0.1) is 6.92 Å². The van der Waals surface area contributed by atoms with Gasteiger partial charge in [-0.2, -0.15) is 5.10 Å². The van der Waals surface area contributed by atoms with Gasteiger partial charge in [-0.05, 0) is 68.8 Å². The van der Waals surface area contributed by atoms with Gasteiger partial charge in [0, 0.05) is 16.8 Å². The fraction of sp³-hybridized carbons (Fsp3) is 0.222. The van der Waals surface area contributed by atoms with E-state index >= 15 is 0 Å². The molecule has 2 amide bonds. The summed E-state index contributed by atoms with van der Waals surface area (Å²) >= 11 is 0. The maximum absolute atomic E-state index is 12.6. The number of benzene rings is 3. The lowest BCUT2D eigenvalue weighted by atomic mass is 10.2. The molecule has 0 unspecified atom stereocenters. The average Bonchev–Trinajstić information content (AvgIpc) is 2.84. The number of carbonyl (C=O) groups excluding carboxylic acids is 2. The van der Waals surface area contributed by atoms with E-state index in [0.29, 0.717) is 47.3 Å². The minimum Gasteiger partial charge on any atom is -0.490 e. The molecule has 2 N–H and O–H groups in total. The SMILES string of the molecule is CCOc1ccc(C(=O)N/N=C/c2ccccc2OCC(=O)Nc2cccc(C)c2)cc1OCC. The molecule has 0 aromatic heterocycles. The Bertz CT molecular complexity index is 1190. The van der Waals surface area contributed by atoms with Gasteiger partial charge in [0.1, 0.15) is 5.75 Å². The predicted molar refractivity (Wildman–Crippen MR) is 136 cm³/mol. The summed E-state index contributed by atoms with van der Waals surface area (Å²) < 4.78 is 16.8. The third-order valence-electron chi connectivity index (χ3n) is 4.75. The van der Waals surface area contributed by atoms with Crippen LogP contribution in [0.3, 0.4) is 0 Å². The van der Waals surface area contributed by atoms with E-state index in [-0.39, 0.29) is 12.5 Å². The number of hydrogen-bond donors (Lipinski definition) is 2. The standard InChI is InChI=1S/C27H29N3O5/c1-4-33-24-14-13-20(16-25(24)34-5-2)27(32)30-28-17-21-10-6-7-12-23(21)35-18-26(31)29-22-11-8-9-19(3)15-22/h6-17H,4-5,18H2,1-3H3,(H,29,31)(H,30,32)/b28-17+. The summed E-state index contributed by atoms with van der Waals surface area (Å²) in [6.45, 7) is 6.46. The van der Waals surface area contributed by atoms with Crippen LogP contribution in [-0.4, -0.2) is 37.8 Å². The fourth-order valence-electron chi connectivity index (χ4n) is 3.20. The third-order valence-corrected chi connectivity index (χ3v) is 4.75. The van der Waals surface area contributed by atoms with E-state index in [0.717, 1.165) is 5.56 Å². The number of hydrogen-bond acceptors (Lipinski definition) is 6. The first-order chi connectivity index (χ1) is 17.0. The number of anilines is 1. The zero-order chi connectivity index (χ0) is 25.0. The van der Waals surface area contributed by atoms with Crippen LogP contribution in [0.1, 0.15) is 35.3 Å². The summed E-state index contributed by atoms with van der Waals surface area (Å²) in [4.78, 5) is 24.8. The van der Waals surface area contributed by atoms with Gasteiger partial charge in [0.15, 0.2) is 18.1 Å². The van der Waals surface area contributed by atoms with Crippen molar-refractivity contribution < 1.29 is 23.8 Å². The second-order valence-electron chi connectivity index (χ2n) is 7.47. The van der Waals surface area contributed by atoms with Crippen molar-refractivity contribution in [2.24, 2.45) is 5.10 Å². The molecule has 0 aliphatic rings. The molecule has 0 radical (unpaired) electrons. The highest BCUT2D eigenvalue weighted by Gasteiger charge is 2.11. The largest absolute Gasteiger partial charge is 0.490 e. The molecule has 0 bridgehead atoms. The predicted octanol–water partition coefficient (Wildman–Crippen LogP) is 4.57. The Morgan fingerprint density at radius 3 is 2.40 bits per heavy atom. The molecule has 8 nitrogen and oxygen atoms in total. The van der Waals surface area contributed by atoms with Crippen LogP contribution in [0.2, 0.25) is 0 Å². The number of ether oxygens (including phenoxy) is 3. The first-order valence-electron chi connectivity index (χ1n) is 11.3. The number of amides is 2. The number of aryl methyl sites for hydroxylation is 1. The van der Waals surface area contributed by atoms with Crippen molar-refractivity contribution in [3.05, 3.63) is 83.4 Å². The number of hydrazone groups is 1. The van der Waals surface area contributed by atoms with Crippen molar-refractivity contribution in [1.29, 1.82) is 0 Å². The molecule has 0 saturated carbocycles. The van der Waals surface area contributed by atoms with Crippen molar-refractivity contribution in [2.45, 2.75) is 20.8 Å². The molecule has 0 saturated heterocycles. The number of rotatable bonds is 11. The monoisotopic (exact) mass is 475 g/mol. The van der Waals surface area contributed by atoms with Gasteiger partial charge < -0.3 is 19.5 Å².